The average molecular weight is 195 g/mol. The van der Waals surface area contributed by atoms with Crippen LogP contribution in [0.4, 0.5) is 0 Å². The van der Waals surface area contributed by atoms with Crippen LogP contribution in [-0.2, 0) is 11.2 Å². The Labute approximate surface area is 84.5 Å². The number of rotatable bonds is 4. The van der Waals surface area contributed by atoms with Crippen molar-refractivity contribution in [1.82, 2.24) is 9.97 Å². The molecule has 1 unspecified atom stereocenters. The third-order valence-corrected chi connectivity index (χ3v) is 2.09. The maximum absolute atomic E-state index is 5.76. The van der Waals surface area contributed by atoms with Gasteiger partial charge in [-0.15, -0.1) is 0 Å². The Balaban J connectivity index is 2.78. The second-order valence-corrected chi connectivity index (χ2v) is 3.36. The van der Waals surface area contributed by atoms with Crippen LogP contribution in [0.15, 0.2) is 6.20 Å². The summed E-state index contributed by atoms with van der Waals surface area (Å²) in [6.45, 7) is 4.54. The molecule has 2 N–H and O–H groups in total. The van der Waals surface area contributed by atoms with E-state index in [9.17, 15) is 0 Å². The molecule has 0 bridgehead atoms. The standard InChI is InChI=1S/C10H17N3O/c1-7(11)9-6-12-10(4-5-14-3)13-8(9)2/h6-7H,4-5,11H2,1-3H3. The summed E-state index contributed by atoms with van der Waals surface area (Å²) in [5, 5.41) is 0. The molecule has 4 nitrogen and oxygen atoms in total. The maximum Gasteiger partial charge on any atom is 0.130 e. The number of aromatic nitrogens is 2. The maximum atomic E-state index is 5.76. The number of nitrogens with zero attached hydrogens (tertiary/aromatic N) is 2. The van der Waals surface area contributed by atoms with Crippen LogP contribution in [0.25, 0.3) is 0 Å². The summed E-state index contributed by atoms with van der Waals surface area (Å²) in [6, 6.07) is -0.00789. The molecule has 14 heavy (non-hydrogen) atoms. The van der Waals surface area contributed by atoms with E-state index in [0.29, 0.717) is 6.61 Å². The van der Waals surface area contributed by atoms with Gasteiger partial charge < -0.3 is 10.5 Å². The van der Waals surface area contributed by atoms with Crippen molar-refractivity contribution in [3.8, 4) is 0 Å². The first-order valence-corrected chi connectivity index (χ1v) is 4.72. The molecule has 0 saturated carbocycles. The lowest BCUT2D eigenvalue weighted by molar-refractivity contribution is 0.200. The highest BCUT2D eigenvalue weighted by Crippen LogP contribution is 2.11. The largest absolute Gasteiger partial charge is 0.384 e. The monoisotopic (exact) mass is 195 g/mol. The Hall–Kier alpha value is -1.00. The molecular weight excluding hydrogens is 178 g/mol. The summed E-state index contributed by atoms with van der Waals surface area (Å²) in [7, 11) is 1.67. The Kier molecular flexibility index (Phi) is 3.98. The molecule has 4 heteroatoms. The van der Waals surface area contributed by atoms with Gasteiger partial charge in [-0.2, -0.15) is 0 Å². The molecule has 0 amide bonds. The van der Waals surface area contributed by atoms with Crippen LogP contribution in [0.3, 0.4) is 0 Å². The van der Waals surface area contributed by atoms with E-state index in [1.807, 2.05) is 13.8 Å². The van der Waals surface area contributed by atoms with Gasteiger partial charge in [-0.1, -0.05) is 0 Å². The van der Waals surface area contributed by atoms with Gasteiger partial charge in [0.25, 0.3) is 0 Å². The van der Waals surface area contributed by atoms with E-state index >= 15 is 0 Å². The molecule has 0 saturated heterocycles. The van der Waals surface area contributed by atoms with Gasteiger partial charge in [0.15, 0.2) is 0 Å². The van der Waals surface area contributed by atoms with E-state index in [2.05, 4.69) is 9.97 Å². The van der Waals surface area contributed by atoms with Crippen molar-refractivity contribution in [2.45, 2.75) is 26.3 Å². The quantitative estimate of drug-likeness (QED) is 0.778. The summed E-state index contributed by atoms with van der Waals surface area (Å²) in [5.41, 5.74) is 7.73. The van der Waals surface area contributed by atoms with Crippen LogP contribution in [-0.4, -0.2) is 23.7 Å². The van der Waals surface area contributed by atoms with Crippen molar-refractivity contribution in [2.75, 3.05) is 13.7 Å². The van der Waals surface area contributed by atoms with Gasteiger partial charge in [0.05, 0.1) is 6.61 Å². The van der Waals surface area contributed by atoms with Crippen molar-refractivity contribution in [3.63, 3.8) is 0 Å². The topological polar surface area (TPSA) is 61.0 Å². The van der Waals surface area contributed by atoms with Crippen molar-refractivity contribution < 1.29 is 4.74 Å². The Morgan fingerprint density at radius 2 is 2.29 bits per heavy atom. The van der Waals surface area contributed by atoms with Gasteiger partial charge in [0.2, 0.25) is 0 Å². The smallest absolute Gasteiger partial charge is 0.130 e. The molecule has 1 aromatic heterocycles. The zero-order valence-corrected chi connectivity index (χ0v) is 8.95. The lowest BCUT2D eigenvalue weighted by Gasteiger charge is -2.09. The molecule has 1 atom stereocenters. The third kappa shape index (κ3) is 2.75. The predicted octanol–water partition coefficient (Wildman–Crippen LogP) is 0.994. The minimum absolute atomic E-state index is 0.00789. The van der Waals surface area contributed by atoms with E-state index in [1.165, 1.54) is 0 Å². The molecule has 0 aliphatic carbocycles. The van der Waals surface area contributed by atoms with Gasteiger partial charge in [-0.25, -0.2) is 9.97 Å². The van der Waals surface area contributed by atoms with Crippen molar-refractivity contribution >= 4 is 0 Å². The van der Waals surface area contributed by atoms with E-state index in [1.54, 1.807) is 13.3 Å². The molecule has 1 heterocycles. The number of aryl methyl sites for hydroxylation is 1. The minimum Gasteiger partial charge on any atom is -0.384 e. The molecule has 0 aromatic carbocycles. The molecule has 1 rings (SSSR count). The first-order chi connectivity index (χ1) is 6.65. The lowest BCUT2D eigenvalue weighted by atomic mass is 10.1. The minimum atomic E-state index is -0.00789. The van der Waals surface area contributed by atoms with Crippen LogP contribution in [0.2, 0.25) is 0 Å². The molecule has 1 aromatic rings. The normalized spacial score (nSPS) is 12.9. The first-order valence-electron chi connectivity index (χ1n) is 4.72. The molecule has 0 aliphatic heterocycles. The van der Waals surface area contributed by atoms with E-state index in [4.69, 9.17) is 10.5 Å². The summed E-state index contributed by atoms with van der Waals surface area (Å²) >= 11 is 0. The van der Waals surface area contributed by atoms with Crippen molar-refractivity contribution in [3.05, 3.63) is 23.3 Å². The summed E-state index contributed by atoms with van der Waals surface area (Å²) in [4.78, 5) is 8.59. The molecule has 0 radical (unpaired) electrons. The fraction of sp³-hybridized carbons (Fsp3) is 0.600. The molecular formula is C10H17N3O. The first kappa shape index (κ1) is 11.1. The van der Waals surface area contributed by atoms with Crippen LogP contribution in [0.5, 0.6) is 0 Å². The van der Waals surface area contributed by atoms with Gasteiger partial charge in [0, 0.05) is 37.0 Å². The fourth-order valence-electron chi connectivity index (χ4n) is 1.29. The number of nitrogens with two attached hydrogens (primary N) is 1. The third-order valence-electron chi connectivity index (χ3n) is 2.09. The number of hydrogen-bond acceptors (Lipinski definition) is 4. The van der Waals surface area contributed by atoms with E-state index in [0.717, 1.165) is 23.5 Å². The summed E-state index contributed by atoms with van der Waals surface area (Å²) in [5.74, 6) is 0.814. The number of ether oxygens (including phenoxy) is 1. The van der Waals surface area contributed by atoms with Crippen LogP contribution in [0.1, 0.15) is 30.0 Å². The Morgan fingerprint density at radius 1 is 1.57 bits per heavy atom. The zero-order valence-electron chi connectivity index (χ0n) is 8.95. The van der Waals surface area contributed by atoms with Crippen molar-refractivity contribution in [2.24, 2.45) is 5.73 Å². The van der Waals surface area contributed by atoms with Gasteiger partial charge >= 0.3 is 0 Å². The van der Waals surface area contributed by atoms with Gasteiger partial charge in [0.1, 0.15) is 5.82 Å². The zero-order chi connectivity index (χ0) is 10.6. The lowest BCUT2D eigenvalue weighted by Crippen LogP contribution is -2.11. The van der Waals surface area contributed by atoms with E-state index < -0.39 is 0 Å². The summed E-state index contributed by atoms with van der Waals surface area (Å²) in [6.07, 6.45) is 2.55. The SMILES string of the molecule is COCCc1ncc(C(C)N)c(C)n1. The van der Waals surface area contributed by atoms with Crippen LogP contribution in [0, 0.1) is 6.92 Å². The number of hydrogen-bond donors (Lipinski definition) is 1. The second kappa shape index (κ2) is 5.02. The summed E-state index contributed by atoms with van der Waals surface area (Å²) < 4.78 is 4.96. The highest BCUT2D eigenvalue weighted by molar-refractivity contribution is 5.19. The average Bonchev–Trinajstić information content (AvgIpc) is 2.14. The molecule has 0 aliphatic rings. The second-order valence-electron chi connectivity index (χ2n) is 3.36. The molecule has 0 fully saturated rings. The van der Waals surface area contributed by atoms with Crippen LogP contribution >= 0.6 is 0 Å². The highest BCUT2D eigenvalue weighted by atomic mass is 16.5. The Bertz CT molecular complexity index is 299. The van der Waals surface area contributed by atoms with Crippen molar-refractivity contribution in [1.29, 1.82) is 0 Å². The fourth-order valence-corrected chi connectivity index (χ4v) is 1.29. The van der Waals surface area contributed by atoms with E-state index in [-0.39, 0.29) is 6.04 Å². The van der Waals surface area contributed by atoms with Gasteiger partial charge in [-0.3, -0.25) is 0 Å². The highest BCUT2D eigenvalue weighted by Gasteiger charge is 2.06. The molecule has 0 spiro atoms. The molecule has 78 valence electrons. The Morgan fingerprint density at radius 3 is 2.79 bits per heavy atom. The van der Waals surface area contributed by atoms with Crippen LogP contribution < -0.4 is 5.73 Å². The number of methoxy groups -OCH3 is 1. The van der Waals surface area contributed by atoms with Gasteiger partial charge in [-0.05, 0) is 13.8 Å². The predicted molar refractivity (Wildman–Crippen MR) is 55.0 cm³/mol.